The van der Waals surface area contributed by atoms with Crippen LogP contribution >= 0.6 is 34.5 Å². The van der Waals surface area contributed by atoms with Crippen molar-refractivity contribution in [3.8, 4) is 21.7 Å². The maximum atomic E-state index is 12.8. The third-order valence-electron chi connectivity index (χ3n) is 4.66. The minimum absolute atomic E-state index is 0.165. The molecule has 28 heavy (non-hydrogen) atoms. The third kappa shape index (κ3) is 4.39. The summed E-state index contributed by atoms with van der Waals surface area (Å²) >= 11 is 13.5. The molecule has 4 nitrogen and oxygen atoms in total. The lowest BCUT2D eigenvalue weighted by Crippen LogP contribution is -2.45. The Labute approximate surface area is 178 Å². The van der Waals surface area contributed by atoms with Crippen LogP contribution in [-0.2, 0) is 0 Å². The zero-order chi connectivity index (χ0) is 19.5. The highest BCUT2D eigenvalue weighted by molar-refractivity contribution is 7.17. The summed E-state index contributed by atoms with van der Waals surface area (Å²) in [5, 5.41) is 3.76. The summed E-state index contributed by atoms with van der Waals surface area (Å²) in [4.78, 5) is 18.4. The highest BCUT2D eigenvalue weighted by Gasteiger charge is 2.21. The smallest absolute Gasteiger partial charge is 0.283 e. The van der Waals surface area contributed by atoms with Crippen LogP contribution in [0.4, 0.5) is 0 Å². The molecule has 144 valence electrons. The summed E-state index contributed by atoms with van der Waals surface area (Å²) < 4.78 is 0. The lowest BCUT2D eigenvalue weighted by Gasteiger charge is -2.26. The van der Waals surface area contributed by atoms with Crippen LogP contribution in [0.3, 0.4) is 0 Å². The maximum Gasteiger partial charge on any atom is 0.294 e. The predicted molar refractivity (Wildman–Crippen MR) is 116 cm³/mol. The highest BCUT2D eigenvalue weighted by atomic mass is 35.5. The molecular formula is C21H19Cl2N3OS. The van der Waals surface area contributed by atoms with E-state index in [1.807, 2.05) is 53.5 Å². The second-order valence-electron chi connectivity index (χ2n) is 6.70. The molecular weight excluding hydrogens is 413 g/mol. The number of carbonyl (C=O) groups is 1. The average molecular weight is 432 g/mol. The number of nitrogens with zero attached hydrogens (tertiary/aromatic N) is 2. The van der Waals surface area contributed by atoms with Crippen LogP contribution in [0.15, 0.2) is 48.5 Å². The summed E-state index contributed by atoms with van der Waals surface area (Å²) in [6.45, 7) is 1.76. The quantitative estimate of drug-likeness (QED) is 0.557. The van der Waals surface area contributed by atoms with Gasteiger partial charge in [-0.3, -0.25) is 10.2 Å². The van der Waals surface area contributed by atoms with Crippen LogP contribution in [-0.4, -0.2) is 29.0 Å². The van der Waals surface area contributed by atoms with Crippen LogP contribution < -0.4 is 5.43 Å². The van der Waals surface area contributed by atoms with Gasteiger partial charge in [0.1, 0.15) is 0 Å². The highest BCUT2D eigenvalue weighted by Crippen LogP contribution is 2.37. The molecule has 1 amide bonds. The minimum Gasteiger partial charge on any atom is -0.283 e. The molecule has 1 saturated heterocycles. The summed E-state index contributed by atoms with van der Waals surface area (Å²) in [5.74, 6) is -0.165. The van der Waals surface area contributed by atoms with E-state index in [1.165, 1.54) is 17.8 Å². The zero-order valence-corrected chi connectivity index (χ0v) is 17.4. The van der Waals surface area contributed by atoms with Gasteiger partial charge in [-0.05, 0) is 42.7 Å². The molecule has 1 aliphatic rings. The van der Waals surface area contributed by atoms with Crippen molar-refractivity contribution < 1.29 is 4.79 Å². The third-order valence-corrected chi connectivity index (χ3v) is 6.27. The van der Waals surface area contributed by atoms with Crippen LogP contribution in [0.5, 0.6) is 0 Å². The second kappa shape index (κ2) is 8.62. The van der Waals surface area contributed by atoms with Gasteiger partial charge >= 0.3 is 0 Å². The number of carbonyl (C=O) groups excluding carboxylic acids is 1. The molecule has 0 unspecified atom stereocenters. The van der Waals surface area contributed by atoms with Gasteiger partial charge in [0.05, 0.1) is 10.6 Å². The van der Waals surface area contributed by atoms with E-state index in [0.717, 1.165) is 47.6 Å². The van der Waals surface area contributed by atoms with E-state index < -0.39 is 0 Å². The number of nitrogens with one attached hydrogen (secondary N) is 1. The van der Waals surface area contributed by atoms with Gasteiger partial charge in [-0.25, -0.2) is 9.99 Å². The first-order valence-corrected chi connectivity index (χ1v) is 10.8. The van der Waals surface area contributed by atoms with Gasteiger partial charge in [-0.15, -0.1) is 11.3 Å². The van der Waals surface area contributed by atoms with Gasteiger partial charge in [0.15, 0.2) is 5.01 Å². The average Bonchev–Trinajstić information content (AvgIpc) is 3.15. The van der Waals surface area contributed by atoms with Crippen LogP contribution in [0.1, 0.15) is 29.1 Å². The number of hydrogen-bond donors (Lipinski definition) is 1. The lowest BCUT2D eigenvalue weighted by atomic mass is 10.1. The number of aromatic nitrogens is 1. The Morgan fingerprint density at radius 1 is 0.893 bits per heavy atom. The van der Waals surface area contributed by atoms with Crippen molar-refractivity contribution in [1.29, 1.82) is 0 Å². The largest absolute Gasteiger partial charge is 0.294 e. The molecule has 1 N–H and O–H groups in total. The summed E-state index contributed by atoms with van der Waals surface area (Å²) in [5.41, 5.74) is 5.66. The molecule has 7 heteroatoms. The van der Waals surface area contributed by atoms with E-state index in [9.17, 15) is 4.79 Å². The first-order valence-electron chi connectivity index (χ1n) is 9.19. The molecule has 0 saturated carbocycles. The van der Waals surface area contributed by atoms with E-state index in [2.05, 4.69) is 10.4 Å². The Kier molecular flexibility index (Phi) is 5.97. The Hall–Kier alpha value is -1.92. The molecule has 3 aromatic rings. The SMILES string of the molecule is O=C(NN1CCCCC1)c1nc(-c2ccc(Cl)cc2)c(-c2ccc(Cl)cc2)s1. The van der Waals surface area contributed by atoms with Crippen LogP contribution in [0, 0.1) is 0 Å². The number of hydrogen-bond acceptors (Lipinski definition) is 4. The summed E-state index contributed by atoms with van der Waals surface area (Å²) in [7, 11) is 0. The van der Waals surface area contributed by atoms with Gasteiger partial charge in [0.25, 0.3) is 5.91 Å². The van der Waals surface area contributed by atoms with Crippen molar-refractivity contribution in [3.63, 3.8) is 0 Å². The minimum atomic E-state index is -0.165. The van der Waals surface area contributed by atoms with Crippen molar-refractivity contribution in [1.82, 2.24) is 15.4 Å². The molecule has 0 aliphatic carbocycles. The standard InChI is InChI=1S/C21H19Cl2N3OS/c22-16-8-4-14(5-9-16)18-19(15-6-10-17(23)11-7-15)28-21(24-18)20(27)25-26-12-2-1-3-13-26/h4-11H,1-3,12-13H2,(H,25,27). The number of piperidine rings is 1. The van der Waals surface area contributed by atoms with Crippen molar-refractivity contribution in [2.24, 2.45) is 0 Å². The fraction of sp³-hybridized carbons (Fsp3) is 0.238. The number of benzene rings is 2. The summed E-state index contributed by atoms with van der Waals surface area (Å²) in [6.07, 6.45) is 3.42. The van der Waals surface area contributed by atoms with E-state index in [4.69, 9.17) is 23.2 Å². The van der Waals surface area contributed by atoms with Crippen molar-refractivity contribution in [2.45, 2.75) is 19.3 Å². The molecule has 4 rings (SSSR count). The normalized spacial score (nSPS) is 14.8. The van der Waals surface area contributed by atoms with Crippen molar-refractivity contribution in [2.75, 3.05) is 13.1 Å². The molecule has 0 atom stereocenters. The summed E-state index contributed by atoms with van der Waals surface area (Å²) in [6, 6.07) is 15.1. The monoisotopic (exact) mass is 431 g/mol. The number of hydrazine groups is 1. The van der Waals surface area contributed by atoms with E-state index >= 15 is 0 Å². The van der Waals surface area contributed by atoms with Gasteiger partial charge in [0.2, 0.25) is 0 Å². The lowest BCUT2D eigenvalue weighted by molar-refractivity contribution is 0.0750. The number of thiazole rings is 1. The molecule has 1 fully saturated rings. The van der Waals surface area contributed by atoms with E-state index in [0.29, 0.717) is 15.1 Å². The van der Waals surface area contributed by atoms with Crippen LogP contribution in [0.25, 0.3) is 21.7 Å². The topological polar surface area (TPSA) is 45.2 Å². The van der Waals surface area contributed by atoms with Crippen LogP contribution in [0.2, 0.25) is 10.0 Å². The van der Waals surface area contributed by atoms with E-state index in [-0.39, 0.29) is 5.91 Å². The fourth-order valence-corrected chi connectivity index (χ4v) is 4.45. The molecule has 2 heterocycles. The van der Waals surface area contributed by atoms with Gasteiger partial charge in [0, 0.05) is 28.7 Å². The predicted octanol–water partition coefficient (Wildman–Crippen LogP) is 5.91. The van der Waals surface area contributed by atoms with Crippen molar-refractivity contribution >= 4 is 40.4 Å². The molecule has 0 spiro atoms. The number of rotatable bonds is 4. The maximum absolute atomic E-state index is 12.8. The Balaban J connectivity index is 1.69. The Morgan fingerprint density at radius 3 is 2.07 bits per heavy atom. The van der Waals surface area contributed by atoms with Gasteiger partial charge < -0.3 is 0 Å². The number of halogens is 2. The van der Waals surface area contributed by atoms with E-state index in [1.54, 1.807) is 0 Å². The number of amides is 1. The molecule has 2 aromatic carbocycles. The van der Waals surface area contributed by atoms with Gasteiger partial charge in [-0.1, -0.05) is 53.9 Å². The molecule has 1 aromatic heterocycles. The van der Waals surface area contributed by atoms with Crippen molar-refractivity contribution in [3.05, 3.63) is 63.6 Å². The molecule has 1 aliphatic heterocycles. The first kappa shape index (κ1) is 19.4. The fourth-order valence-electron chi connectivity index (χ4n) is 3.21. The molecule has 0 bridgehead atoms. The Bertz CT molecular complexity index is 901. The first-order chi connectivity index (χ1) is 13.6. The molecule has 0 radical (unpaired) electrons. The second-order valence-corrected chi connectivity index (χ2v) is 8.57. The Morgan fingerprint density at radius 2 is 1.46 bits per heavy atom. The zero-order valence-electron chi connectivity index (χ0n) is 15.1. The van der Waals surface area contributed by atoms with Gasteiger partial charge in [-0.2, -0.15) is 0 Å².